The van der Waals surface area contributed by atoms with E-state index in [0.29, 0.717) is 69.8 Å². The number of amides is 2. The van der Waals surface area contributed by atoms with Crippen LogP contribution in [0.25, 0.3) is 22.8 Å². The van der Waals surface area contributed by atoms with Crippen LogP contribution in [0.4, 0.5) is 8.78 Å². The van der Waals surface area contributed by atoms with Crippen molar-refractivity contribution in [3.63, 3.8) is 0 Å². The van der Waals surface area contributed by atoms with Gasteiger partial charge in [-0.2, -0.15) is 0 Å². The van der Waals surface area contributed by atoms with Gasteiger partial charge in [0.2, 0.25) is 0 Å². The van der Waals surface area contributed by atoms with Crippen LogP contribution in [0, 0.1) is 49.7 Å². The van der Waals surface area contributed by atoms with Gasteiger partial charge >= 0.3 is 0 Å². The molecule has 61 heavy (non-hydrogen) atoms. The van der Waals surface area contributed by atoms with E-state index >= 15 is 0 Å². The minimum Gasteiger partial charge on any atom is -0.491 e. The Balaban J connectivity index is 0.000000171. The lowest BCUT2D eigenvalue weighted by Gasteiger charge is -2.17. The maximum absolute atomic E-state index is 14.7. The molecule has 0 saturated carbocycles. The first kappa shape index (κ1) is 43.7. The number of primary amides is 2. The van der Waals surface area contributed by atoms with Crippen molar-refractivity contribution >= 4 is 27.7 Å². The van der Waals surface area contributed by atoms with Crippen molar-refractivity contribution in [3.8, 4) is 58.5 Å². The van der Waals surface area contributed by atoms with E-state index in [1.54, 1.807) is 53.0 Å². The summed E-state index contributed by atoms with van der Waals surface area (Å²) in [5.74, 6) is 7.14. The van der Waals surface area contributed by atoms with Crippen LogP contribution in [0.15, 0.2) is 77.8 Å². The third kappa shape index (κ3) is 9.60. The number of nitrogens with two attached hydrogens (primary N) is 2. The van der Waals surface area contributed by atoms with Gasteiger partial charge in [0.1, 0.15) is 59.4 Å². The van der Waals surface area contributed by atoms with Gasteiger partial charge in [-0.3, -0.25) is 19.6 Å². The molecule has 4 aromatic heterocycles. The van der Waals surface area contributed by atoms with Crippen LogP contribution in [0.5, 0.6) is 11.5 Å². The average Bonchev–Trinajstić information content (AvgIpc) is 3.76. The largest absolute Gasteiger partial charge is 0.491 e. The van der Waals surface area contributed by atoms with E-state index in [9.17, 15) is 28.6 Å². The third-order valence-electron chi connectivity index (χ3n) is 9.47. The van der Waals surface area contributed by atoms with Crippen molar-refractivity contribution in [1.82, 2.24) is 29.1 Å². The highest BCUT2D eigenvalue weighted by molar-refractivity contribution is 9.10. The second kappa shape index (κ2) is 17.7. The molecule has 312 valence electrons. The van der Waals surface area contributed by atoms with Gasteiger partial charge in [-0.25, -0.2) is 18.7 Å². The molecule has 6 N–H and O–H groups in total. The molecular weight excluding hydrogens is 854 g/mol. The fraction of sp³-hybridized carbons (Fsp3) is 0.227. The van der Waals surface area contributed by atoms with Gasteiger partial charge in [-0.1, -0.05) is 29.9 Å². The third-order valence-corrected chi connectivity index (χ3v) is 10.1. The molecule has 0 bridgehead atoms. The van der Waals surface area contributed by atoms with E-state index in [4.69, 9.17) is 27.4 Å². The maximum Gasteiger partial charge on any atom is 0.268 e. The first-order valence-corrected chi connectivity index (χ1v) is 19.3. The van der Waals surface area contributed by atoms with Crippen LogP contribution in [-0.4, -0.2) is 64.3 Å². The molecule has 6 heterocycles. The summed E-state index contributed by atoms with van der Waals surface area (Å²) in [7, 11) is 0. The Bertz CT molecular complexity index is 2780. The molecule has 2 aliphatic rings. The van der Waals surface area contributed by atoms with Crippen molar-refractivity contribution < 1.29 is 38.1 Å². The monoisotopic (exact) mass is 892 g/mol. The predicted octanol–water partition coefficient (Wildman–Crippen LogP) is 5.32. The average molecular weight is 894 g/mol. The van der Waals surface area contributed by atoms with Crippen molar-refractivity contribution in [2.45, 2.75) is 52.0 Å². The number of aromatic nitrogens is 6. The van der Waals surface area contributed by atoms with Crippen LogP contribution >= 0.6 is 15.9 Å². The molecule has 2 atom stereocenters. The van der Waals surface area contributed by atoms with Gasteiger partial charge < -0.3 is 40.3 Å². The number of halogens is 3. The molecule has 2 aliphatic heterocycles. The molecule has 0 fully saturated rings. The molecule has 2 amide bonds. The number of aryl methyl sites for hydroxylation is 2. The topological polar surface area (TPSA) is 207 Å². The van der Waals surface area contributed by atoms with Gasteiger partial charge in [0.15, 0.2) is 11.2 Å². The van der Waals surface area contributed by atoms with Crippen molar-refractivity contribution in [3.05, 3.63) is 129 Å². The van der Waals surface area contributed by atoms with Crippen LogP contribution in [0.2, 0.25) is 0 Å². The summed E-state index contributed by atoms with van der Waals surface area (Å²) in [4.78, 5) is 39.4. The zero-order valence-corrected chi connectivity index (χ0v) is 34.9. The number of carbonyl (C=O) groups is 2. The Morgan fingerprint density at radius 1 is 0.803 bits per heavy atom. The van der Waals surface area contributed by atoms with Crippen molar-refractivity contribution in [2.24, 2.45) is 11.5 Å². The Labute approximate surface area is 357 Å². The number of fused-ring (bicyclic) bond motifs is 6. The summed E-state index contributed by atoms with van der Waals surface area (Å²) in [5.41, 5.74) is 11.8. The molecule has 0 saturated heterocycles. The van der Waals surface area contributed by atoms with Gasteiger partial charge in [-0.05, 0) is 79.0 Å². The summed E-state index contributed by atoms with van der Waals surface area (Å²) in [6.45, 7) is 8.35. The molecule has 6 aromatic rings. The zero-order chi connectivity index (χ0) is 44.2. The summed E-state index contributed by atoms with van der Waals surface area (Å²) >= 11 is 3.13. The number of pyridine rings is 2. The lowest BCUT2D eigenvalue weighted by Crippen LogP contribution is -2.21. The Morgan fingerprint density at radius 3 is 1.75 bits per heavy atom. The van der Waals surface area contributed by atoms with Crippen LogP contribution in [0.1, 0.15) is 62.9 Å². The molecule has 2 aromatic carbocycles. The Hall–Kier alpha value is -6.92. The number of terminal acetylenes is 1. The van der Waals surface area contributed by atoms with Gasteiger partial charge in [-0.15, -0.1) is 6.42 Å². The SMILES string of the molecule is C#CC(C)(O)c1ncccc1C.Cc1cccnc1C(C)(O)C#Cc1cc2c(cc1F)OCCn1cc(C(N)=O)nc1-2.NC(=O)c1cn2c(n1)-c1cc(Br)c(F)cc1OCC2. The van der Waals surface area contributed by atoms with E-state index in [-0.39, 0.29) is 23.6 Å². The van der Waals surface area contributed by atoms with E-state index in [0.717, 1.165) is 11.1 Å². The van der Waals surface area contributed by atoms with E-state index < -0.39 is 34.7 Å². The quantitative estimate of drug-likeness (QED) is 0.168. The molecule has 0 aliphatic carbocycles. The maximum atomic E-state index is 14.7. The molecule has 0 radical (unpaired) electrons. The number of carbonyl (C=O) groups excluding carboxylic acids is 2. The lowest BCUT2D eigenvalue weighted by molar-refractivity contribution is 0.0987. The molecule has 0 spiro atoms. The van der Waals surface area contributed by atoms with E-state index in [2.05, 4.69) is 53.6 Å². The summed E-state index contributed by atoms with van der Waals surface area (Å²) < 4.78 is 43.2. The Morgan fingerprint density at radius 2 is 1.28 bits per heavy atom. The van der Waals surface area contributed by atoms with Crippen LogP contribution in [0.3, 0.4) is 0 Å². The van der Waals surface area contributed by atoms with Crippen molar-refractivity contribution in [2.75, 3.05) is 13.2 Å². The van der Waals surface area contributed by atoms with Crippen molar-refractivity contribution in [1.29, 1.82) is 0 Å². The first-order valence-electron chi connectivity index (χ1n) is 18.5. The number of benzene rings is 2. The van der Waals surface area contributed by atoms with Gasteiger partial charge in [0, 0.05) is 36.9 Å². The standard InChI is InChI=1S/C22H19FN4O3.C12H9BrFN3O2.C10H11NO/c1-13-4-3-7-25-19(13)22(2,29)6-5-14-10-15-18(11-16(14)23)30-9-8-27-12-17(20(24)28)26-21(15)27;13-7-3-6-10(4-8(7)14)19-2-1-17-5-9(11(15)18)16-12(6)17;1-4-10(3,12)9-8(2)6-5-7-11-9/h3-4,7,10-12,29H,8-9H2,1-2H3,(H2,24,28);3-5H,1-2H2,(H2,15,18);1,5-7,12H,2-3H3. The van der Waals surface area contributed by atoms with Crippen LogP contribution < -0.4 is 20.9 Å². The first-order chi connectivity index (χ1) is 28.9. The normalized spacial score (nSPS) is 14.0. The number of imidazole rings is 2. The summed E-state index contributed by atoms with van der Waals surface area (Å²) in [6.07, 6.45) is 11.5. The number of hydrogen-bond donors (Lipinski definition) is 4. The van der Waals surface area contributed by atoms with Gasteiger partial charge in [0.05, 0.1) is 45.6 Å². The van der Waals surface area contributed by atoms with Crippen LogP contribution in [-0.2, 0) is 24.3 Å². The summed E-state index contributed by atoms with van der Waals surface area (Å²) in [5, 5.41) is 20.5. The minimum atomic E-state index is -1.57. The number of nitrogens with zero attached hydrogens (tertiary/aromatic N) is 6. The second-order valence-electron chi connectivity index (χ2n) is 14.2. The number of hydrogen-bond acceptors (Lipinski definition) is 10. The number of aliphatic hydroxyl groups is 2. The van der Waals surface area contributed by atoms with E-state index in [1.807, 2.05) is 32.0 Å². The number of ether oxygens (including phenoxy) is 2. The highest BCUT2D eigenvalue weighted by atomic mass is 79.9. The molecule has 17 heteroatoms. The fourth-order valence-corrected chi connectivity index (χ4v) is 6.77. The number of rotatable bonds is 4. The highest BCUT2D eigenvalue weighted by Crippen LogP contribution is 2.37. The molecule has 2 unspecified atom stereocenters. The predicted molar refractivity (Wildman–Crippen MR) is 224 cm³/mol. The van der Waals surface area contributed by atoms with E-state index in [1.165, 1.54) is 25.1 Å². The zero-order valence-electron chi connectivity index (χ0n) is 33.3. The minimum absolute atomic E-state index is 0.0586. The molecule has 14 nitrogen and oxygen atoms in total. The smallest absolute Gasteiger partial charge is 0.268 e. The molecule has 8 rings (SSSR count). The second-order valence-corrected chi connectivity index (χ2v) is 15.0. The Kier molecular flexibility index (Phi) is 12.7. The molecular formula is C44H39BrF2N8O6. The van der Waals surface area contributed by atoms with Gasteiger partial charge in [0.25, 0.3) is 11.8 Å². The highest BCUT2D eigenvalue weighted by Gasteiger charge is 2.26. The fourth-order valence-electron chi connectivity index (χ4n) is 6.42. The summed E-state index contributed by atoms with van der Waals surface area (Å²) in [6, 6.07) is 12.9. The lowest BCUT2D eigenvalue weighted by atomic mass is 9.97.